The number of aromatic amines is 1. The van der Waals surface area contributed by atoms with Crippen LogP contribution in [0.2, 0.25) is 0 Å². The van der Waals surface area contributed by atoms with Crippen LogP contribution in [0.25, 0.3) is 10.9 Å². The van der Waals surface area contributed by atoms with E-state index in [4.69, 9.17) is 9.47 Å². The van der Waals surface area contributed by atoms with Gasteiger partial charge in [0.2, 0.25) is 0 Å². The quantitative estimate of drug-likeness (QED) is 0.870. The van der Waals surface area contributed by atoms with Gasteiger partial charge in [-0.05, 0) is 24.6 Å². The van der Waals surface area contributed by atoms with E-state index in [9.17, 15) is 19.1 Å². The van der Waals surface area contributed by atoms with Crippen molar-refractivity contribution in [3.05, 3.63) is 29.7 Å². The number of benzene rings is 1. The summed E-state index contributed by atoms with van der Waals surface area (Å²) in [5.74, 6) is -1.51. The molecule has 2 atom stereocenters. The number of amides is 1. The molecular formula is C18H19FN2O5. The van der Waals surface area contributed by atoms with Gasteiger partial charge in [0.1, 0.15) is 17.3 Å². The Morgan fingerprint density at radius 1 is 1.46 bits per heavy atom. The van der Waals surface area contributed by atoms with E-state index in [0.29, 0.717) is 37.3 Å². The van der Waals surface area contributed by atoms with Crippen molar-refractivity contribution in [1.29, 1.82) is 0 Å². The molecule has 2 aromatic rings. The van der Waals surface area contributed by atoms with E-state index in [1.807, 2.05) is 0 Å². The molecule has 2 aliphatic heterocycles. The van der Waals surface area contributed by atoms with Crippen LogP contribution in [0.15, 0.2) is 18.2 Å². The fourth-order valence-electron chi connectivity index (χ4n) is 4.08. The lowest BCUT2D eigenvalue weighted by Gasteiger charge is -2.33. The highest BCUT2D eigenvalue weighted by atomic mass is 19.1. The van der Waals surface area contributed by atoms with Gasteiger partial charge in [0.15, 0.2) is 0 Å². The van der Waals surface area contributed by atoms with Crippen LogP contribution in [0, 0.1) is 17.2 Å². The number of likely N-dealkylation sites (tertiary alicyclic amines) is 1. The average molecular weight is 362 g/mol. The van der Waals surface area contributed by atoms with Crippen LogP contribution in [0.3, 0.4) is 0 Å². The first-order valence-corrected chi connectivity index (χ1v) is 8.42. The number of nitrogens with zero attached hydrogens (tertiary/aromatic N) is 1. The minimum atomic E-state index is -0.969. The molecule has 1 amide bonds. The number of H-pyrrole nitrogens is 1. The molecule has 0 bridgehead atoms. The Morgan fingerprint density at radius 3 is 2.96 bits per heavy atom. The van der Waals surface area contributed by atoms with Crippen molar-refractivity contribution < 1.29 is 28.6 Å². The van der Waals surface area contributed by atoms with Gasteiger partial charge in [-0.15, -0.1) is 0 Å². The number of carbonyl (C=O) groups is 2. The van der Waals surface area contributed by atoms with Gasteiger partial charge in [0.05, 0.1) is 24.6 Å². The summed E-state index contributed by atoms with van der Waals surface area (Å²) in [4.78, 5) is 29.1. The van der Waals surface area contributed by atoms with E-state index in [1.165, 1.54) is 24.1 Å². The number of aliphatic carboxylic acids is 1. The molecule has 3 heterocycles. The lowest BCUT2D eigenvalue weighted by atomic mass is 9.74. The first-order valence-electron chi connectivity index (χ1n) is 8.42. The van der Waals surface area contributed by atoms with Gasteiger partial charge in [0, 0.05) is 31.0 Å². The Labute approximate surface area is 148 Å². The van der Waals surface area contributed by atoms with Crippen LogP contribution in [0.5, 0.6) is 5.75 Å². The first kappa shape index (κ1) is 16.8. The lowest BCUT2D eigenvalue weighted by molar-refractivity contribution is -0.157. The van der Waals surface area contributed by atoms with Crippen molar-refractivity contribution in [3.8, 4) is 5.75 Å². The summed E-state index contributed by atoms with van der Waals surface area (Å²) >= 11 is 0. The van der Waals surface area contributed by atoms with Gasteiger partial charge in [-0.1, -0.05) is 0 Å². The molecule has 0 spiro atoms. The zero-order valence-corrected chi connectivity index (χ0v) is 14.3. The minimum Gasteiger partial charge on any atom is -0.496 e. The summed E-state index contributed by atoms with van der Waals surface area (Å²) in [6, 6.07) is 4.32. The second-order valence-corrected chi connectivity index (χ2v) is 6.89. The number of carboxylic acids is 1. The summed E-state index contributed by atoms with van der Waals surface area (Å²) in [5.41, 5.74) is -0.563. The second kappa shape index (κ2) is 5.98. The second-order valence-electron chi connectivity index (χ2n) is 6.89. The molecule has 1 aromatic heterocycles. The Kier molecular flexibility index (Phi) is 3.87. The highest BCUT2D eigenvalue weighted by Gasteiger charge is 2.55. The number of fused-ring (bicyclic) bond motifs is 2. The maximum absolute atomic E-state index is 14.1. The van der Waals surface area contributed by atoms with E-state index in [-0.39, 0.29) is 29.6 Å². The fraction of sp³-hybridized carbons (Fsp3) is 0.444. The fourth-order valence-corrected chi connectivity index (χ4v) is 4.08. The van der Waals surface area contributed by atoms with Crippen LogP contribution < -0.4 is 4.74 Å². The summed E-state index contributed by atoms with van der Waals surface area (Å²) in [6.07, 6.45) is 0.381. The summed E-state index contributed by atoms with van der Waals surface area (Å²) in [6.45, 7) is 1.13. The van der Waals surface area contributed by atoms with E-state index in [2.05, 4.69) is 4.98 Å². The number of methoxy groups -OCH3 is 1. The largest absolute Gasteiger partial charge is 0.496 e. The molecule has 26 heavy (non-hydrogen) atoms. The Morgan fingerprint density at radius 2 is 2.27 bits per heavy atom. The number of carbonyl (C=O) groups excluding carboxylic acids is 1. The predicted octanol–water partition coefficient (Wildman–Crippen LogP) is 1.88. The normalized spacial score (nSPS) is 25.3. The Balaban J connectivity index is 1.67. The van der Waals surface area contributed by atoms with E-state index >= 15 is 0 Å². The maximum atomic E-state index is 14.1. The molecule has 7 nitrogen and oxygen atoms in total. The molecule has 0 saturated carbocycles. The van der Waals surface area contributed by atoms with Crippen LogP contribution >= 0.6 is 0 Å². The molecule has 2 N–H and O–H groups in total. The summed E-state index contributed by atoms with van der Waals surface area (Å²) in [7, 11) is 1.48. The number of nitrogens with one attached hydrogen (secondary N) is 1. The molecule has 0 aliphatic carbocycles. The van der Waals surface area contributed by atoms with Crippen molar-refractivity contribution in [2.75, 3.05) is 33.4 Å². The third-order valence-electron chi connectivity index (χ3n) is 5.57. The van der Waals surface area contributed by atoms with E-state index in [1.54, 1.807) is 6.07 Å². The number of hydrogen-bond acceptors (Lipinski definition) is 4. The van der Waals surface area contributed by atoms with Crippen LogP contribution in [0.1, 0.15) is 16.9 Å². The van der Waals surface area contributed by atoms with Crippen molar-refractivity contribution in [2.45, 2.75) is 6.42 Å². The lowest BCUT2D eigenvalue weighted by Crippen LogP contribution is -2.45. The zero-order chi connectivity index (χ0) is 18.5. The third kappa shape index (κ3) is 2.36. The van der Waals surface area contributed by atoms with Crippen molar-refractivity contribution in [3.63, 3.8) is 0 Å². The summed E-state index contributed by atoms with van der Waals surface area (Å²) < 4.78 is 24.7. The topological polar surface area (TPSA) is 91.9 Å². The standard InChI is InChI=1S/C18H19FN2O5/c1-25-14-3-2-12(19)15-11(14)6-13(20-15)16(22)21-7-10-8-26-5-4-18(10,9-21)17(23)24/h2-3,6,10,20H,4-5,7-9H2,1H3,(H,23,24)/t10-,18+/m0/s1. The molecule has 138 valence electrons. The number of ether oxygens (including phenoxy) is 2. The number of rotatable bonds is 3. The van der Waals surface area contributed by atoms with Crippen LogP contribution in [-0.4, -0.2) is 60.3 Å². The number of carboxylic acid groups (broad SMARTS) is 1. The molecule has 2 saturated heterocycles. The number of hydrogen-bond donors (Lipinski definition) is 2. The maximum Gasteiger partial charge on any atom is 0.311 e. The molecule has 8 heteroatoms. The van der Waals surface area contributed by atoms with Gasteiger partial charge in [0.25, 0.3) is 5.91 Å². The molecule has 1 aromatic carbocycles. The van der Waals surface area contributed by atoms with Crippen molar-refractivity contribution in [1.82, 2.24) is 9.88 Å². The molecule has 0 unspecified atom stereocenters. The van der Waals surface area contributed by atoms with Gasteiger partial charge in [-0.25, -0.2) is 4.39 Å². The number of aromatic nitrogens is 1. The van der Waals surface area contributed by atoms with Gasteiger partial charge < -0.3 is 24.5 Å². The van der Waals surface area contributed by atoms with Gasteiger partial charge in [-0.2, -0.15) is 0 Å². The molecule has 4 rings (SSSR count). The molecule has 0 radical (unpaired) electrons. The number of halogens is 1. The molecule has 2 aliphatic rings. The van der Waals surface area contributed by atoms with Crippen molar-refractivity contribution >= 4 is 22.8 Å². The van der Waals surface area contributed by atoms with Crippen LogP contribution in [-0.2, 0) is 9.53 Å². The molecular weight excluding hydrogens is 343 g/mol. The van der Waals surface area contributed by atoms with Gasteiger partial charge in [-0.3, -0.25) is 9.59 Å². The van der Waals surface area contributed by atoms with E-state index in [0.717, 1.165) is 0 Å². The van der Waals surface area contributed by atoms with Crippen LogP contribution in [0.4, 0.5) is 4.39 Å². The van der Waals surface area contributed by atoms with Crippen molar-refractivity contribution in [2.24, 2.45) is 11.3 Å². The highest BCUT2D eigenvalue weighted by Crippen LogP contribution is 2.43. The summed E-state index contributed by atoms with van der Waals surface area (Å²) in [5, 5.41) is 10.2. The highest BCUT2D eigenvalue weighted by molar-refractivity contribution is 6.00. The Bertz CT molecular complexity index is 895. The SMILES string of the molecule is COc1ccc(F)c2[nH]c(C(=O)N3C[C@H]4COCC[C@@]4(C(=O)O)C3)cc12. The smallest absolute Gasteiger partial charge is 0.311 e. The Hall–Kier alpha value is -2.61. The molecule has 2 fully saturated rings. The monoisotopic (exact) mass is 362 g/mol. The predicted molar refractivity (Wildman–Crippen MR) is 89.7 cm³/mol. The van der Waals surface area contributed by atoms with E-state index < -0.39 is 17.2 Å². The average Bonchev–Trinajstić information content (AvgIpc) is 3.25. The minimum absolute atomic E-state index is 0.129. The third-order valence-corrected chi connectivity index (χ3v) is 5.57. The first-order chi connectivity index (χ1) is 12.5. The zero-order valence-electron chi connectivity index (χ0n) is 14.3. The van der Waals surface area contributed by atoms with Gasteiger partial charge >= 0.3 is 5.97 Å².